The molecule has 1 aliphatic rings. The molecule has 25 heavy (non-hydrogen) atoms. The second-order valence-electron chi connectivity index (χ2n) is 6.16. The molecule has 1 aliphatic heterocycles. The molecular formula is C18H24Cl3N3O. The summed E-state index contributed by atoms with van der Waals surface area (Å²) in [6.45, 7) is 2.69. The van der Waals surface area contributed by atoms with Crippen LogP contribution in [-0.2, 0) is 0 Å². The van der Waals surface area contributed by atoms with E-state index >= 15 is 0 Å². The van der Waals surface area contributed by atoms with E-state index in [1.165, 1.54) is 6.42 Å². The average molecular weight is 405 g/mol. The van der Waals surface area contributed by atoms with E-state index in [2.05, 4.69) is 10.3 Å². The Labute approximate surface area is 166 Å². The number of benzene rings is 1. The molecule has 0 unspecified atom stereocenters. The quantitative estimate of drug-likeness (QED) is 0.831. The molecule has 1 amide bonds. The summed E-state index contributed by atoms with van der Waals surface area (Å²) in [7, 11) is 1.98. The van der Waals surface area contributed by atoms with Crippen LogP contribution in [0.4, 0.5) is 0 Å². The van der Waals surface area contributed by atoms with Crippen LogP contribution in [-0.4, -0.2) is 42.5 Å². The van der Waals surface area contributed by atoms with Crippen molar-refractivity contribution in [3.63, 3.8) is 0 Å². The van der Waals surface area contributed by atoms with E-state index in [1.54, 1.807) is 6.07 Å². The van der Waals surface area contributed by atoms with E-state index in [-0.39, 0.29) is 30.7 Å². The molecule has 1 N–H and O–H groups in total. The third-order valence-corrected chi connectivity index (χ3v) is 4.81. The fraction of sp³-hybridized carbons (Fsp3) is 0.444. The molecular weight excluding hydrogens is 381 g/mol. The Hall–Kier alpha value is -1.07. The summed E-state index contributed by atoms with van der Waals surface area (Å²) in [4.78, 5) is 19.1. The molecule has 0 bridgehead atoms. The highest BCUT2D eigenvalue weighted by Gasteiger charge is 2.24. The lowest BCUT2D eigenvalue weighted by Crippen LogP contribution is -2.39. The van der Waals surface area contributed by atoms with Crippen molar-refractivity contribution in [3.05, 3.63) is 41.0 Å². The van der Waals surface area contributed by atoms with Gasteiger partial charge >= 0.3 is 0 Å². The van der Waals surface area contributed by atoms with Crippen LogP contribution in [0.2, 0.25) is 5.02 Å². The van der Waals surface area contributed by atoms with Gasteiger partial charge in [0.1, 0.15) is 5.69 Å². The van der Waals surface area contributed by atoms with Crippen molar-refractivity contribution in [2.75, 3.05) is 26.7 Å². The summed E-state index contributed by atoms with van der Waals surface area (Å²) < 4.78 is 0. The third-order valence-electron chi connectivity index (χ3n) is 4.58. The Bertz CT molecular complexity index is 703. The molecule has 7 heteroatoms. The van der Waals surface area contributed by atoms with Gasteiger partial charge in [-0.15, -0.1) is 24.8 Å². The van der Waals surface area contributed by atoms with Crippen molar-refractivity contribution in [2.24, 2.45) is 5.92 Å². The molecule has 1 saturated heterocycles. The number of piperidine rings is 1. The standard InChI is InChI=1S/C18H22ClN3O.2ClH/c1-20-9-6-13-7-10-22(11-8-13)18(23)16-5-3-14-2-4-15(19)12-17(14)21-16;;/h2-5,12-13,20H,6-11H2,1H3;2*1H. The van der Waals surface area contributed by atoms with Gasteiger partial charge in [-0.25, -0.2) is 4.98 Å². The van der Waals surface area contributed by atoms with E-state index in [4.69, 9.17) is 11.6 Å². The topological polar surface area (TPSA) is 45.2 Å². The first-order valence-corrected chi connectivity index (χ1v) is 8.55. The maximum absolute atomic E-state index is 12.7. The number of carbonyl (C=O) groups excluding carboxylic acids is 1. The van der Waals surface area contributed by atoms with Crippen molar-refractivity contribution in [3.8, 4) is 0 Å². The minimum atomic E-state index is 0. The van der Waals surface area contributed by atoms with Crippen LogP contribution in [0.1, 0.15) is 29.8 Å². The third kappa shape index (κ3) is 5.45. The number of hydrogen-bond donors (Lipinski definition) is 1. The van der Waals surface area contributed by atoms with Crippen molar-refractivity contribution in [2.45, 2.75) is 19.3 Å². The van der Waals surface area contributed by atoms with Gasteiger partial charge in [-0.2, -0.15) is 0 Å². The summed E-state index contributed by atoms with van der Waals surface area (Å²) in [6, 6.07) is 9.31. The maximum atomic E-state index is 12.7. The number of nitrogens with zero attached hydrogens (tertiary/aromatic N) is 2. The van der Waals surface area contributed by atoms with Gasteiger partial charge in [-0.05, 0) is 57.0 Å². The van der Waals surface area contributed by atoms with Crippen LogP contribution in [0.3, 0.4) is 0 Å². The van der Waals surface area contributed by atoms with Gasteiger partial charge in [0.2, 0.25) is 0 Å². The lowest BCUT2D eigenvalue weighted by Gasteiger charge is -2.31. The molecule has 1 aromatic heterocycles. The molecule has 0 saturated carbocycles. The van der Waals surface area contributed by atoms with Crippen molar-refractivity contribution >= 4 is 53.2 Å². The zero-order chi connectivity index (χ0) is 16.2. The molecule has 2 aromatic rings. The lowest BCUT2D eigenvalue weighted by atomic mass is 9.93. The number of pyridine rings is 1. The predicted octanol–water partition coefficient (Wildman–Crippen LogP) is 4.19. The Morgan fingerprint density at radius 2 is 1.92 bits per heavy atom. The molecule has 1 fully saturated rings. The SMILES string of the molecule is CNCCC1CCN(C(=O)c2ccc3ccc(Cl)cc3n2)CC1.Cl.Cl. The average Bonchev–Trinajstić information content (AvgIpc) is 2.59. The number of fused-ring (bicyclic) bond motifs is 1. The van der Waals surface area contributed by atoms with E-state index in [0.717, 1.165) is 49.3 Å². The second kappa shape index (κ2) is 10.2. The number of amides is 1. The highest BCUT2D eigenvalue weighted by Crippen LogP contribution is 2.22. The van der Waals surface area contributed by atoms with E-state index in [9.17, 15) is 4.79 Å². The zero-order valence-corrected chi connectivity index (χ0v) is 16.6. The molecule has 0 spiro atoms. The first-order valence-electron chi connectivity index (χ1n) is 8.17. The largest absolute Gasteiger partial charge is 0.337 e. The van der Waals surface area contributed by atoms with Crippen molar-refractivity contribution in [1.29, 1.82) is 0 Å². The van der Waals surface area contributed by atoms with E-state index in [1.807, 2.05) is 36.2 Å². The van der Waals surface area contributed by atoms with Gasteiger partial charge < -0.3 is 10.2 Å². The predicted molar refractivity (Wildman–Crippen MR) is 108 cm³/mol. The lowest BCUT2D eigenvalue weighted by molar-refractivity contribution is 0.0681. The Morgan fingerprint density at radius 3 is 2.60 bits per heavy atom. The van der Waals surface area contributed by atoms with Crippen LogP contribution in [0.15, 0.2) is 30.3 Å². The van der Waals surface area contributed by atoms with Gasteiger partial charge in [-0.1, -0.05) is 23.7 Å². The smallest absolute Gasteiger partial charge is 0.272 e. The van der Waals surface area contributed by atoms with Gasteiger partial charge in [0, 0.05) is 23.5 Å². The highest BCUT2D eigenvalue weighted by atomic mass is 35.5. The van der Waals surface area contributed by atoms with Crippen molar-refractivity contribution in [1.82, 2.24) is 15.2 Å². The van der Waals surface area contributed by atoms with Crippen LogP contribution in [0.25, 0.3) is 10.9 Å². The molecule has 0 aliphatic carbocycles. The Balaban J connectivity index is 0.00000156. The normalized spacial score (nSPS) is 14.7. The summed E-state index contributed by atoms with van der Waals surface area (Å²) in [5.74, 6) is 0.744. The van der Waals surface area contributed by atoms with Crippen LogP contribution < -0.4 is 5.32 Å². The van der Waals surface area contributed by atoms with Gasteiger partial charge in [0.15, 0.2) is 0 Å². The van der Waals surface area contributed by atoms with Crippen LogP contribution in [0, 0.1) is 5.92 Å². The Morgan fingerprint density at radius 1 is 1.24 bits per heavy atom. The second-order valence-corrected chi connectivity index (χ2v) is 6.60. The molecule has 4 nitrogen and oxygen atoms in total. The maximum Gasteiger partial charge on any atom is 0.272 e. The summed E-state index contributed by atoms with van der Waals surface area (Å²) in [6.07, 6.45) is 3.34. The first kappa shape index (κ1) is 22.0. The number of halogens is 3. The number of rotatable bonds is 4. The molecule has 3 rings (SSSR count). The first-order chi connectivity index (χ1) is 11.2. The monoisotopic (exact) mass is 403 g/mol. The fourth-order valence-corrected chi connectivity index (χ4v) is 3.31. The van der Waals surface area contributed by atoms with Gasteiger partial charge in [-0.3, -0.25) is 4.79 Å². The summed E-state index contributed by atoms with van der Waals surface area (Å²) in [5.41, 5.74) is 1.28. The summed E-state index contributed by atoms with van der Waals surface area (Å²) in [5, 5.41) is 4.83. The molecule has 0 radical (unpaired) electrons. The minimum absolute atomic E-state index is 0. The van der Waals surface area contributed by atoms with E-state index < -0.39 is 0 Å². The van der Waals surface area contributed by atoms with E-state index in [0.29, 0.717) is 10.7 Å². The van der Waals surface area contributed by atoms with Crippen LogP contribution in [0.5, 0.6) is 0 Å². The minimum Gasteiger partial charge on any atom is -0.337 e. The van der Waals surface area contributed by atoms with Crippen LogP contribution >= 0.6 is 36.4 Å². The fourth-order valence-electron chi connectivity index (χ4n) is 3.14. The number of nitrogens with one attached hydrogen (secondary N) is 1. The number of hydrogen-bond acceptors (Lipinski definition) is 3. The molecule has 2 heterocycles. The highest BCUT2D eigenvalue weighted by molar-refractivity contribution is 6.31. The van der Waals surface area contributed by atoms with Gasteiger partial charge in [0.05, 0.1) is 5.52 Å². The number of aromatic nitrogens is 1. The molecule has 1 aromatic carbocycles. The van der Waals surface area contributed by atoms with Gasteiger partial charge in [0.25, 0.3) is 5.91 Å². The molecule has 138 valence electrons. The Kier molecular flexibility index (Phi) is 8.94. The molecule has 0 atom stereocenters. The summed E-state index contributed by atoms with van der Waals surface area (Å²) >= 11 is 6.02. The van der Waals surface area contributed by atoms with Crippen molar-refractivity contribution < 1.29 is 4.79 Å². The number of carbonyl (C=O) groups is 1. The number of likely N-dealkylation sites (tertiary alicyclic amines) is 1. The zero-order valence-electron chi connectivity index (χ0n) is 14.2.